The molecule has 0 radical (unpaired) electrons. The molecule has 0 unspecified atom stereocenters. The molecule has 6 nitrogen and oxygen atoms in total. The van der Waals surface area contributed by atoms with E-state index in [2.05, 4.69) is 5.32 Å². The number of nitrogens with one attached hydrogen (secondary N) is 1. The van der Waals surface area contributed by atoms with Gasteiger partial charge in [0.15, 0.2) is 0 Å². The second kappa shape index (κ2) is 7.51. The van der Waals surface area contributed by atoms with Crippen LogP contribution in [-0.2, 0) is 11.3 Å². The third-order valence-electron chi connectivity index (χ3n) is 2.99. The first kappa shape index (κ1) is 16.6. The van der Waals surface area contributed by atoms with Crippen LogP contribution in [0.1, 0.15) is 15.9 Å². The van der Waals surface area contributed by atoms with Gasteiger partial charge in [-0.1, -0.05) is 11.6 Å². The standard InChI is InChI=1S/C16H15ClN2O4/c1-22-14-7-4-12(17)8-11(14)9-23-15(20)10-2-5-13(6-3-10)19-16(18)21/h2-8H,9H2,1H3,(H3,18,19,21). The third kappa shape index (κ3) is 4.62. The van der Waals surface area contributed by atoms with Gasteiger partial charge in [-0.05, 0) is 42.5 Å². The van der Waals surface area contributed by atoms with Crippen LogP contribution in [0.15, 0.2) is 42.5 Å². The fourth-order valence-corrected chi connectivity index (χ4v) is 2.11. The lowest BCUT2D eigenvalue weighted by atomic mass is 10.2. The maximum absolute atomic E-state index is 12.0. The zero-order valence-electron chi connectivity index (χ0n) is 12.3. The van der Waals surface area contributed by atoms with Crippen molar-refractivity contribution in [2.45, 2.75) is 6.61 Å². The number of rotatable bonds is 5. The zero-order valence-corrected chi connectivity index (χ0v) is 13.1. The van der Waals surface area contributed by atoms with Crippen molar-refractivity contribution in [3.05, 3.63) is 58.6 Å². The van der Waals surface area contributed by atoms with Crippen LogP contribution in [0.25, 0.3) is 0 Å². The van der Waals surface area contributed by atoms with Crippen molar-refractivity contribution in [2.75, 3.05) is 12.4 Å². The Kier molecular flexibility index (Phi) is 5.43. The molecule has 2 aromatic carbocycles. The molecule has 0 aliphatic rings. The minimum absolute atomic E-state index is 0.0316. The molecule has 2 aromatic rings. The van der Waals surface area contributed by atoms with Gasteiger partial charge in [-0.15, -0.1) is 0 Å². The van der Waals surface area contributed by atoms with Gasteiger partial charge in [-0.25, -0.2) is 9.59 Å². The highest BCUT2D eigenvalue weighted by Gasteiger charge is 2.10. The van der Waals surface area contributed by atoms with Crippen molar-refractivity contribution in [3.63, 3.8) is 0 Å². The molecule has 2 amide bonds. The number of esters is 1. The van der Waals surface area contributed by atoms with E-state index < -0.39 is 12.0 Å². The molecule has 120 valence electrons. The van der Waals surface area contributed by atoms with Crippen LogP contribution in [0.3, 0.4) is 0 Å². The number of amides is 2. The Morgan fingerprint density at radius 1 is 1.17 bits per heavy atom. The number of methoxy groups -OCH3 is 1. The van der Waals surface area contributed by atoms with Gasteiger partial charge < -0.3 is 20.5 Å². The summed E-state index contributed by atoms with van der Waals surface area (Å²) in [5.41, 5.74) is 6.52. The van der Waals surface area contributed by atoms with Crippen molar-refractivity contribution in [2.24, 2.45) is 5.73 Å². The number of halogens is 1. The topological polar surface area (TPSA) is 90.7 Å². The van der Waals surface area contributed by atoms with E-state index in [9.17, 15) is 9.59 Å². The summed E-state index contributed by atoms with van der Waals surface area (Å²) in [6.45, 7) is 0.0316. The average Bonchev–Trinajstić information content (AvgIpc) is 2.53. The lowest BCUT2D eigenvalue weighted by Gasteiger charge is -2.10. The first-order valence-corrected chi connectivity index (χ1v) is 7.03. The normalized spacial score (nSPS) is 10.0. The van der Waals surface area contributed by atoms with Gasteiger partial charge in [0.1, 0.15) is 12.4 Å². The fourth-order valence-electron chi connectivity index (χ4n) is 1.92. The highest BCUT2D eigenvalue weighted by atomic mass is 35.5. The number of benzene rings is 2. The summed E-state index contributed by atoms with van der Waals surface area (Å²) < 4.78 is 10.4. The summed E-state index contributed by atoms with van der Waals surface area (Å²) in [4.78, 5) is 22.8. The Labute approximate surface area is 138 Å². The van der Waals surface area contributed by atoms with E-state index >= 15 is 0 Å². The molecule has 0 fully saturated rings. The van der Waals surface area contributed by atoms with Crippen LogP contribution >= 0.6 is 11.6 Å². The van der Waals surface area contributed by atoms with Crippen LogP contribution in [0.2, 0.25) is 5.02 Å². The lowest BCUT2D eigenvalue weighted by molar-refractivity contribution is 0.0470. The molecular formula is C16H15ClN2O4. The Balaban J connectivity index is 2.02. The maximum Gasteiger partial charge on any atom is 0.338 e. The second-order valence-corrected chi connectivity index (χ2v) is 5.04. The van der Waals surface area contributed by atoms with E-state index in [4.69, 9.17) is 26.8 Å². The van der Waals surface area contributed by atoms with E-state index in [0.717, 1.165) is 0 Å². The summed E-state index contributed by atoms with van der Waals surface area (Å²) in [6, 6.07) is 10.6. The van der Waals surface area contributed by atoms with Crippen LogP contribution in [-0.4, -0.2) is 19.1 Å². The van der Waals surface area contributed by atoms with Gasteiger partial charge in [0.25, 0.3) is 0 Å². The van der Waals surface area contributed by atoms with Gasteiger partial charge >= 0.3 is 12.0 Å². The van der Waals surface area contributed by atoms with Crippen molar-refractivity contribution < 1.29 is 19.1 Å². The van der Waals surface area contributed by atoms with Crippen molar-refractivity contribution in [1.82, 2.24) is 0 Å². The quantitative estimate of drug-likeness (QED) is 0.821. The van der Waals surface area contributed by atoms with Gasteiger partial charge in [0, 0.05) is 16.3 Å². The Hall–Kier alpha value is -2.73. The molecule has 0 heterocycles. The Morgan fingerprint density at radius 3 is 2.48 bits per heavy atom. The lowest BCUT2D eigenvalue weighted by Crippen LogP contribution is -2.19. The van der Waals surface area contributed by atoms with Crippen LogP contribution < -0.4 is 15.8 Å². The second-order valence-electron chi connectivity index (χ2n) is 4.60. The molecule has 0 aliphatic heterocycles. The predicted molar refractivity (Wildman–Crippen MR) is 86.8 cm³/mol. The zero-order chi connectivity index (χ0) is 16.8. The molecule has 2 rings (SSSR count). The maximum atomic E-state index is 12.0. The van der Waals surface area contributed by atoms with E-state index in [1.807, 2.05) is 0 Å². The summed E-state index contributed by atoms with van der Waals surface area (Å²) in [5, 5.41) is 2.93. The molecule has 0 aliphatic carbocycles. The number of urea groups is 1. The minimum Gasteiger partial charge on any atom is -0.496 e. The molecule has 0 spiro atoms. The number of anilines is 1. The van der Waals surface area contributed by atoms with Crippen molar-refractivity contribution >= 4 is 29.3 Å². The first-order valence-electron chi connectivity index (χ1n) is 6.65. The third-order valence-corrected chi connectivity index (χ3v) is 3.22. The molecule has 7 heteroatoms. The molecule has 0 bridgehead atoms. The summed E-state index contributed by atoms with van der Waals surface area (Å²) in [6.07, 6.45) is 0. The van der Waals surface area contributed by atoms with Crippen LogP contribution in [0.5, 0.6) is 5.75 Å². The molecular weight excluding hydrogens is 320 g/mol. The van der Waals surface area contributed by atoms with Gasteiger partial charge in [0.2, 0.25) is 0 Å². The number of carbonyl (C=O) groups is 2. The molecule has 0 atom stereocenters. The number of nitrogens with two attached hydrogens (primary N) is 1. The molecule has 3 N–H and O–H groups in total. The van der Waals surface area contributed by atoms with Crippen molar-refractivity contribution in [3.8, 4) is 5.75 Å². The SMILES string of the molecule is COc1ccc(Cl)cc1COC(=O)c1ccc(NC(N)=O)cc1. The van der Waals surface area contributed by atoms with Gasteiger partial charge in [-0.2, -0.15) is 0 Å². The highest BCUT2D eigenvalue weighted by molar-refractivity contribution is 6.30. The van der Waals surface area contributed by atoms with E-state index in [1.54, 1.807) is 30.3 Å². The predicted octanol–water partition coefficient (Wildman–Crippen LogP) is 3.20. The first-order chi connectivity index (χ1) is 11.0. The molecule has 0 saturated carbocycles. The Bertz CT molecular complexity index is 717. The van der Waals surface area contributed by atoms with E-state index in [0.29, 0.717) is 27.6 Å². The van der Waals surface area contributed by atoms with Gasteiger partial charge in [-0.3, -0.25) is 0 Å². The number of primary amides is 1. The Morgan fingerprint density at radius 2 is 1.87 bits per heavy atom. The smallest absolute Gasteiger partial charge is 0.338 e. The molecule has 0 saturated heterocycles. The van der Waals surface area contributed by atoms with E-state index in [-0.39, 0.29) is 6.61 Å². The monoisotopic (exact) mass is 334 g/mol. The van der Waals surface area contributed by atoms with Gasteiger partial charge in [0.05, 0.1) is 12.7 Å². The number of hydrogen-bond donors (Lipinski definition) is 2. The largest absolute Gasteiger partial charge is 0.496 e. The summed E-state index contributed by atoms with van der Waals surface area (Å²) in [7, 11) is 1.53. The number of ether oxygens (including phenoxy) is 2. The molecule has 23 heavy (non-hydrogen) atoms. The highest BCUT2D eigenvalue weighted by Crippen LogP contribution is 2.23. The number of carbonyl (C=O) groups excluding carboxylic acids is 2. The molecule has 0 aromatic heterocycles. The summed E-state index contributed by atoms with van der Waals surface area (Å²) >= 11 is 5.92. The van der Waals surface area contributed by atoms with Crippen molar-refractivity contribution in [1.29, 1.82) is 0 Å². The van der Waals surface area contributed by atoms with Crippen LogP contribution in [0.4, 0.5) is 10.5 Å². The average molecular weight is 335 g/mol. The minimum atomic E-state index is -0.673. The fraction of sp³-hybridized carbons (Fsp3) is 0.125. The van der Waals surface area contributed by atoms with E-state index in [1.165, 1.54) is 19.2 Å². The summed E-state index contributed by atoms with van der Waals surface area (Å²) in [5.74, 6) is 0.0841. The number of hydrogen-bond acceptors (Lipinski definition) is 4. The van der Waals surface area contributed by atoms with Crippen LogP contribution in [0, 0.1) is 0 Å².